The van der Waals surface area contributed by atoms with Gasteiger partial charge >= 0.3 is 5.69 Å². The molecule has 0 saturated carbocycles. The Morgan fingerprint density at radius 1 is 0.966 bits per heavy atom. The Labute approximate surface area is 169 Å². The Kier molecular flexibility index (Phi) is 4.84. The maximum Gasteiger partial charge on any atom is 0.332 e. The molecule has 0 N–H and O–H groups in total. The zero-order chi connectivity index (χ0) is 20.7. The van der Waals surface area contributed by atoms with Crippen molar-refractivity contribution in [1.29, 1.82) is 0 Å². The number of aromatic nitrogens is 7. The number of fused-ring (bicyclic) bond motifs is 1. The van der Waals surface area contributed by atoms with E-state index in [1.165, 1.54) is 23.4 Å². The Morgan fingerprint density at radius 3 is 2.38 bits per heavy atom. The van der Waals surface area contributed by atoms with Crippen LogP contribution in [0.1, 0.15) is 5.82 Å². The molecular weight excluding hydrogens is 394 g/mol. The van der Waals surface area contributed by atoms with Crippen LogP contribution in [0.2, 0.25) is 0 Å². The fourth-order valence-electron chi connectivity index (χ4n) is 3.10. The highest BCUT2D eigenvalue weighted by Gasteiger charge is 2.21. The summed E-state index contributed by atoms with van der Waals surface area (Å²) < 4.78 is 11.2. The van der Waals surface area contributed by atoms with Crippen molar-refractivity contribution in [1.82, 2.24) is 33.4 Å². The molecule has 0 unspecified atom stereocenters. The van der Waals surface area contributed by atoms with Crippen molar-refractivity contribution in [2.75, 3.05) is 7.11 Å². The van der Waals surface area contributed by atoms with Crippen molar-refractivity contribution in [3.63, 3.8) is 0 Å². The normalized spacial score (nSPS) is 11.4. The van der Waals surface area contributed by atoms with Crippen molar-refractivity contribution < 1.29 is 4.74 Å². The largest absolute Gasteiger partial charge is 0.377 e. The van der Waals surface area contributed by atoms with Crippen molar-refractivity contribution in [3.05, 3.63) is 57.0 Å². The second-order valence-corrected chi connectivity index (χ2v) is 7.37. The highest BCUT2D eigenvalue weighted by atomic mass is 32.2. The molecule has 1 aromatic carbocycles. The van der Waals surface area contributed by atoms with Gasteiger partial charge in [0.1, 0.15) is 6.61 Å². The van der Waals surface area contributed by atoms with E-state index in [0.717, 1.165) is 10.3 Å². The standard InChI is InChI=1S/C18H19N7O3S/c1-22-13-14(23(2)18(27)24(3)15(13)26)19-16(22)29-17-21-20-12(10-28-4)25(17)11-8-6-5-7-9-11/h5-9H,10H2,1-4H3. The minimum atomic E-state index is -0.424. The van der Waals surface area contributed by atoms with Gasteiger partial charge in [0.05, 0.1) is 0 Å². The van der Waals surface area contributed by atoms with Gasteiger partial charge in [-0.05, 0) is 23.9 Å². The van der Waals surface area contributed by atoms with E-state index in [9.17, 15) is 9.59 Å². The molecule has 0 aliphatic rings. The van der Waals surface area contributed by atoms with Crippen molar-refractivity contribution in [2.45, 2.75) is 16.9 Å². The number of hydrogen-bond acceptors (Lipinski definition) is 7. The number of aryl methyl sites for hydroxylation is 2. The van der Waals surface area contributed by atoms with Gasteiger partial charge < -0.3 is 9.30 Å². The maximum atomic E-state index is 12.6. The van der Waals surface area contributed by atoms with Crippen LogP contribution in [0, 0.1) is 0 Å². The second-order valence-electron chi connectivity index (χ2n) is 6.44. The maximum absolute atomic E-state index is 12.6. The van der Waals surface area contributed by atoms with E-state index in [0.29, 0.717) is 33.9 Å². The van der Waals surface area contributed by atoms with Crippen LogP contribution in [0.15, 0.2) is 50.2 Å². The van der Waals surface area contributed by atoms with Crippen LogP contribution in [-0.2, 0) is 32.5 Å². The number of imidazole rings is 1. The third-order valence-electron chi connectivity index (χ3n) is 4.61. The number of ether oxygens (including phenoxy) is 1. The topological polar surface area (TPSA) is 102 Å². The number of benzene rings is 1. The first-order chi connectivity index (χ1) is 13.9. The molecule has 4 rings (SSSR count). The minimum Gasteiger partial charge on any atom is -0.377 e. The fraction of sp³-hybridized carbons (Fsp3) is 0.278. The Bertz CT molecular complexity index is 1320. The Morgan fingerprint density at radius 2 is 1.69 bits per heavy atom. The zero-order valence-electron chi connectivity index (χ0n) is 16.4. The number of rotatable bonds is 5. The summed E-state index contributed by atoms with van der Waals surface area (Å²) in [7, 11) is 6.38. The van der Waals surface area contributed by atoms with E-state index >= 15 is 0 Å². The molecule has 0 atom stereocenters. The number of hydrogen-bond donors (Lipinski definition) is 0. The van der Waals surface area contributed by atoms with E-state index < -0.39 is 11.2 Å². The molecule has 4 aromatic rings. The lowest BCUT2D eigenvalue weighted by Crippen LogP contribution is -2.37. The zero-order valence-corrected chi connectivity index (χ0v) is 17.2. The molecule has 0 aliphatic heterocycles. The number of nitrogens with zero attached hydrogens (tertiary/aromatic N) is 7. The second kappa shape index (κ2) is 7.33. The van der Waals surface area contributed by atoms with Gasteiger partial charge in [0.25, 0.3) is 5.56 Å². The van der Waals surface area contributed by atoms with Crippen molar-refractivity contribution in [3.8, 4) is 5.69 Å². The van der Waals surface area contributed by atoms with Gasteiger partial charge in [-0.1, -0.05) is 18.2 Å². The Balaban J connectivity index is 1.88. The third-order valence-corrected chi connectivity index (χ3v) is 5.60. The molecule has 0 radical (unpaired) electrons. The van der Waals surface area contributed by atoms with E-state index in [1.807, 2.05) is 34.9 Å². The lowest BCUT2D eigenvalue weighted by molar-refractivity contribution is 0.176. The predicted molar refractivity (Wildman–Crippen MR) is 107 cm³/mol. The van der Waals surface area contributed by atoms with Gasteiger partial charge in [-0.25, -0.2) is 9.78 Å². The molecule has 3 aromatic heterocycles. The Hall–Kier alpha value is -3.18. The summed E-state index contributed by atoms with van der Waals surface area (Å²) >= 11 is 1.26. The molecule has 11 heteroatoms. The van der Waals surface area contributed by atoms with Crippen LogP contribution in [0.5, 0.6) is 0 Å². The smallest absolute Gasteiger partial charge is 0.332 e. The molecule has 0 bridgehead atoms. The van der Waals surface area contributed by atoms with Crippen molar-refractivity contribution >= 4 is 22.9 Å². The van der Waals surface area contributed by atoms with Crippen LogP contribution in [0.25, 0.3) is 16.9 Å². The van der Waals surface area contributed by atoms with Gasteiger partial charge in [0.15, 0.2) is 22.1 Å². The molecule has 29 heavy (non-hydrogen) atoms. The summed E-state index contributed by atoms with van der Waals surface area (Å²) in [4.78, 5) is 29.3. The summed E-state index contributed by atoms with van der Waals surface area (Å²) in [5.74, 6) is 0.642. The predicted octanol–water partition coefficient (Wildman–Crippen LogP) is 0.849. The molecule has 0 amide bonds. The lowest BCUT2D eigenvalue weighted by Gasteiger charge is -2.09. The first-order valence-electron chi connectivity index (χ1n) is 8.73. The molecular formula is C18H19N7O3S. The first kappa shape index (κ1) is 19.2. The summed E-state index contributed by atoms with van der Waals surface area (Å²) in [6, 6.07) is 9.67. The quantitative estimate of drug-likeness (QED) is 0.478. The van der Waals surface area contributed by atoms with Gasteiger partial charge in [-0.15, -0.1) is 10.2 Å². The van der Waals surface area contributed by atoms with Gasteiger partial charge in [0, 0.05) is 33.9 Å². The molecule has 0 spiro atoms. The van der Waals surface area contributed by atoms with E-state index in [4.69, 9.17) is 4.74 Å². The minimum absolute atomic E-state index is 0.292. The third kappa shape index (κ3) is 3.08. The van der Waals surface area contributed by atoms with E-state index in [1.54, 1.807) is 25.8 Å². The van der Waals surface area contributed by atoms with Crippen LogP contribution in [0.3, 0.4) is 0 Å². The first-order valence-corrected chi connectivity index (χ1v) is 9.54. The van der Waals surface area contributed by atoms with E-state index in [2.05, 4.69) is 15.2 Å². The molecule has 150 valence electrons. The summed E-state index contributed by atoms with van der Waals surface area (Å²) in [5, 5.41) is 9.62. The number of methoxy groups -OCH3 is 1. The number of para-hydroxylation sites is 1. The van der Waals surface area contributed by atoms with E-state index in [-0.39, 0.29) is 0 Å². The molecule has 0 fully saturated rings. The molecule has 0 aliphatic carbocycles. The highest BCUT2D eigenvalue weighted by molar-refractivity contribution is 7.99. The lowest BCUT2D eigenvalue weighted by atomic mass is 10.3. The average molecular weight is 413 g/mol. The van der Waals surface area contributed by atoms with Crippen LogP contribution >= 0.6 is 11.8 Å². The summed E-state index contributed by atoms with van der Waals surface area (Å²) in [6.07, 6.45) is 0. The van der Waals surface area contributed by atoms with Gasteiger partial charge in [-0.3, -0.25) is 18.5 Å². The van der Waals surface area contributed by atoms with Gasteiger partial charge in [0.2, 0.25) is 5.16 Å². The summed E-state index contributed by atoms with van der Waals surface area (Å²) in [6.45, 7) is 0.292. The van der Waals surface area contributed by atoms with Crippen LogP contribution in [0.4, 0.5) is 0 Å². The molecule has 3 heterocycles. The average Bonchev–Trinajstić information content (AvgIpc) is 3.27. The van der Waals surface area contributed by atoms with Crippen molar-refractivity contribution in [2.24, 2.45) is 21.1 Å². The summed E-state index contributed by atoms with van der Waals surface area (Å²) in [5.41, 5.74) is 0.738. The molecule has 10 nitrogen and oxygen atoms in total. The SMILES string of the molecule is COCc1nnc(Sc2nc3c(c(=O)n(C)c(=O)n3C)n2C)n1-c1ccccc1. The van der Waals surface area contributed by atoms with Gasteiger partial charge in [-0.2, -0.15) is 0 Å². The van der Waals surface area contributed by atoms with Crippen LogP contribution < -0.4 is 11.2 Å². The van der Waals surface area contributed by atoms with Crippen LogP contribution in [-0.4, -0.2) is 40.6 Å². The molecule has 0 saturated heterocycles. The highest BCUT2D eigenvalue weighted by Crippen LogP contribution is 2.29. The monoisotopic (exact) mass is 413 g/mol. The fourth-order valence-corrected chi connectivity index (χ4v) is 4.00.